The minimum Gasteiger partial charge on any atom is -0.484 e. The number of imide groups is 1. The molecule has 2 N–H and O–H groups in total. The Kier molecular flexibility index (Phi) is 6.05. The highest BCUT2D eigenvalue weighted by molar-refractivity contribution is 8.00. The summed E-state index contributed by atoms with van der Waals surface area (Å²) in [5.41, 5.74) is 2.07. The first-order valence-corrected chi connectivity index (χ1v) is 11.6. The summed E-state index contributed by atoms with van der Waals surface area (Å²) in [5.74, 6) is -0.0791. The van der Waals surface area contributed by atoms with Crippen molar-refractivity contribution in [2.24, 2.45) is 0 Å². The van der Waals surface area contributed by atoms with Crippen molar-refractivity contribution in [3.8, 4) is 5.75 Å². The predicted molar refractivity (Wildman–Crippen MR) is 132 cm³/mol. The van der Waals surface area contributed by atoms with Gasteiger partial charge in [0.2, 0.25) is 11.8 Å². The summed E-state index contributed by atoms with van der Waals surface area (Å²) in [4.78, 5) is 43.0. The molecule has 3 aromatic carbocycles. The zero-order valence-electron chi connectivity index (χ0n) is 18.1. The maximum absolute atomic E-state index is 13.0. The zero-order chi connectivity index (χ0) is 23.5. The topological polar surface area (TPSA) is 91.5 Å². The second-order valence-electron chi connectivity index (χ2n) is 7.80. The van der Waals surface area contributed by atoms with Crippen molar-refractivity contribution in [1.82, 2.24) is 4.98 Å². The standard InChI is InChI=1S/C26H21N3O4S/c30-24(16-33-20-4-2-1-3-5-20)28-18-7-10-21(11-8-18)34-23-15-25(31)29(26(23)32)19-9-6-17-12-13-27-22(17)14-19/h1-14,23,27H,15-16H2,(H,28,30). The van der Waals surface area contributed by atoms with Gasteiger partial charge in [-0.15, -0.1) is 11.8 Å². The smallest absolute Gasteiger partial charge is 0.262 e. The van der Waals surface area contributed by atoms with Crippen molar-refractivity contribution in [2.45, 2.75) is 16.6 Å². The van der Waals surface area contributed by atoms with Gasteiger partial charge in [0.15, 0.2) is 6.61 Å². The third-order valence-corrected chi connectivity index (χ3v) is 6.63. The van der Waals surface area contributed by atoms with Crippen molar-refractivity contribution >= 4 is 51.8 Å². The fourth-order valence-electron chi connectivity index (χ4n) is 3.79. The number of carbonyl (C=O) groups is 3. The average Bonchev–Trinajstić information content (AvgIpc) is 3.43. The molecule has 1 aliphatic heterocycles. The van der Waals surface area contributed by atoms with Gasteiger partial charge in [-0.1, -0.05) is 24.3 Å². The lowest BCUT2D eigenvalue weighted by Crippen LogP contribution is -2.31. The zero-order valence-corrected chi connectivity index (χ0v) is 18.9. The van der Waals surface area contributed by atoms with Gasteiger partial charge in [-0.2, -0.15) is 0 Å². The lowest BCUT2D eigenvalue weighted by Gasteiger charge is -2.15. The van der Waals surface area contributed by atoms with E-state index in [9.17, 15) is 14.4 Å². The minimum atomic E-state index is -0.494. The number of fused-ring (bicyclic) bond motifs is 1. The summed E-state index contributed by atoms with van der Waals surface area (Å²) >= 11 is 1.34. The molecule has 0 radical (unpaired) electrons. The van der Waals surface area contributed by atoms with E-state index in [1.165, 1.54) is 16.7 Å². The van der Waals surface area contributed by atoms with Crippen LogP contribution in [0, 0.1) is 0 Å². The van der Waals surface area contributed by atoms with E-state index in [0.717, 1.165) is 15.8 Å². The summed E-state index contributed by atoms with van der Waals surface area (Å²) in [5, 5.41) is 3.31. The molecule has 2 heterocycles. The molecular weight excluding hydrogens is 450 g/mol. The number of carbonyl (C=O) groups excluding carboxylic acids is 3. The normalized spacial score (nSPS) is 15.6. The van der Waals surface area contributed by atoms with Crippen LogP contribution < -0.4 is 15.0 Å². The average molecular weight is 472 g/mol. The Morgan fingerprint density at radius 3 is 2.62 bits per heavy atom. The molecule has 1 atom stereocenters. The second kappa shape index (κ2) is 9.44. The molecule has 1 aliphatic rings. The number of hydrogen-bond donors (Lipinski definition) is 2. The summed E-state index contributed by atoms with van der Waals surface area (Å²) in [6.45, 7) is -0.0939. The number of anilines is 2. The van der Waals surface area contributed by atoms with Crippen molar-refractivity contribution < 1.29 is 19.1 Å². The molecule has 1 unspecified atom stereocenters. The first-order valence-electron chi connectivity index (χ1n) is 10.8. The van der Waals surface area contributed by atoms with Gasteiger partial charge < -0.3 is 15.0 Å². The summed E-state index contributed by atoms with van der Waals surface area (Å²) < 4.78 is 5.45. The monoisotopic (exact) mass is 471 g/mol. The fourth-order valence-corrected chi connectivity index (χ4v) is 4.84. The van der Waals surface area contributed by atoms with Gasteiger partial charge in [-0.25, -0.2) is 4.90 Å². The maximum Gasteiger partial charge on any atom is 0.262 e. The number of para-hydroxylation sites is 1. The Balaban J connectivity index is 1.19. The van der Waals surface area contributed by atoms with Gasteiger partial charge >= 0.3 is 0 Å². The predicted octanol–water partition coefficient (Wildman–Crippen LogP) is 4.61. The number of thioether (sulfide) groups is 1. The Bertz CT molecular complexity index is 1350. The molecule has 1 fully saturated rings. The first kappa shape index (κ1) is 21.8. The third kappa shape index (κ3) is 4.67. The molecule has 170 valence electrons. The number of aromatic nitrogens is 1. The van der Waals surface area contributed by atoms with Crippen LogP contribution >= 0.6 is 11.8 Å². The largest absolute Gasteiger partial charge is 0.484 e. The van der Waals surface area contributed by atoms with Crippen LogP contribution in [0.4, 0.5) is 11.4 Å². The first-order chi connectivity index (χ1) is 16.6. The number of benzene rings is 3. The third-order valence-electron chi connectivity index (χ3n) is 5.43. The summed E-state index contributed by atoms with van der Waals surface area (Å²) in [6.07, 6.45) is 1.96. The van der Waals surface area contributed by atoms with Gasteiger partial charge in [0.05, 0.1) is 10.9 Å². The fraction of sp³-hybridized carbons (Fsp3) is 0.115. The molecule has 0 spiro atoms. The Morgan fingerprint density at radius 1 is 1.03 bits per heavy atom. The van der Waals surface area contributed by atoms with E-state index >= 15 is 0 Å². The summed E-state index contributed by atoms with van der Waals surface area (Å²) in [7, 11) is 0. The van der Waals surface area contributed by atoms with E-state index in [4.69, 9.17) is 4.74 Å². The molecule has 34 heavy (non-hydrogen) atoms. The van der Waals surface area contributed by atoms with Crippen molar-refractivity contribution in [1.29, 1.82) is 0 Å². The van der Waals surface area contributed by atoms with Gasteiger partial charge in [-0.3, -0.25) is 14.4 Å². The SMILES string of the molecule is O=C(COc1ccccc1)Nc1ccc(SC2CC(=O)N(c3ccc4cc[nH]c4c3)C2=O)cc1. The number of rotatable bonds is 7. The van der Waals surface area contributed by atoms with E-state index in [1.54, 1.807) is 30.3 Å². The van der Waals surface area contributed by atoms with Crippen LogP contribution in [0.5, 0.6) is 5.75 Å². The Morgan fingerprint density at radius 2 is 1.82 bits per heavy atom. The molecule has 0 aliphatic carbocycles. The van der Waals surface area contributed by atoms with Crippen LogP contribution in [0.25, 0.3) is 10.9 Å². The quantitative estimate of drug-likeness (QED) is 0.384. The number of amides is 3. The summed E-state index contributed by atoms with van der Waals surface area (Å²) in [6, 6.07) is 23.7. The molecule has 8 heteroatoms. The van der Waals surface area contributed by atoms with Crippen LogP contribution in [0.2, 0.25) is 0 Å². The number of nitrogens with zero attached hydrogens (tertiary/aromatic N) is 1. The van der Waals surface area contributed by atoms with E-state index in [0.29, 0.717) is 17.1 Å². The highest BCUT2D eigenvalue weighted by atomic mass is 32.2. The van der Waals surface area contributed by atoms with Crippen LogP contribution in [-0.4, -0.2) is 34.6 Å². The number of aromatic amines is 1. The minimum absolute atomic E-state index is 0.0939. The molecular formula is C26H21N3O4S. The molecule has 7 nitrogen and oxygen atoms in total. The van der Waals surface area contributed by atoms with Gasteiger partial charge in [0.1, 0.15) is 5.75 Å². The van der Waals surface area contributed by atoms with Gasteiger partial charge in [-0.05, 0) is 60.0 Å². The van der Waals surface area contributed by atoms with E-state index in [2.05, 4.69) is 10.3 Å². The molecule has 3 amide bonds. The van der Waals surface area contributed by atoms with Crippen LogP contribution in [0.15, 0.2) is 90.0 Å². The Labute approximate surface area is 200 Å². The molecule has 1 saturated heterocycles. The van der Waals surface area contributed by atoms with E-state index in [-0.39, 0.29) is 30.7 Å². The lowest BCUT2D eigenvalue weighted by molar-refractivity contribution is -0.121. The van der Waals surface area contributed by atoms with Crippen LogP contribution in [-0.2, 0) is 14.4 Å². The number of nitrogens with one attached hydrogen (secondary N) is 2. The van der Waals surface area contributed by atoms with Gasteiger partial charge in [0.25, 0.3) is 5.91 Å². The van der Waals surface area contributed by atoms with Crippen molar-refractivity contribution in [2.75, 3.05) is 16.8 Å². The van der Waals surface area contributed by atoms with E-state index < -0.39 is 5.25 Å². The Hall–Kier alpha value is -4.04. The highest BCUT2D eigenvalue weighted by Gasteiger charge is 2.40. The molecule has 5 rings (SSSR count). The second-order valence-corrected chi connectivity index (χ2v) is 9.08. The highest BCUT2D eigenvalue weighted by Crippen LogP contribution is 2.35. The van der Waals surface area contributed by atoms with E-state index in [1.807, 2.05) is 54.7 Å². The molecule has 1 aromatic heterocycles. The number of ether oxygens (including phenoxy) is 1. The van der Waals surface area contributed by atoms with Gasteiger partial charge in [0, 0.05) is 28.7 Å². The maximum atomic E-state index is 13.0. The van der Waals surface area contributed by atoms with Crippen LogP contribution in [0.1, 0.15) is 6.42 Å². The molecule has 0 saturated carbocycles. The number of hydrogen-bond acceptors (Lipinski definition) is 5. The number of H-pyrrole nitrogens is 1. The van der Waals surface area contributed by atoms with Crippen molar-refractivity contribution in [3.05, 3.63) is 85.1 Å². The lowest BCUT2D eigenvalue weighted by atomic mass is 10.2. The molecule has 4 aromatic rings. The van der Waals surface area contributed by atoms with Crippen LogP contribution in [0.3, 0.4) is 0 Å². The molecule has 0 bridgehead atoms. The van der Waals surface area contributed by atoms with Crippen molar-refractivity contribution in [3.63, 3.8) is 0 Å².